The number of guanidine groups is 1. The van der Waals surface area contributed by atoms with E-state index in [4.69, 9.17) is 17.2 Å². The number of nitrogens with two attached hydrogens (primary N) is 3. The van der Waals surface area contributed by atoms with Gasteiger partial charge >= 0.3 is 5.97 Å². The molecule has 0 aliphatic heterocycles. The highest BCUT2D eigenvalue weighted by Crippen LogP contribution is 2.08. The molecular weight excluding hydrogens is 502 g/mol. The van der Waals surface area contributed by atoms with Gasteiger partial charge in [0.05, 0.1) is 12.4 Å². The number of carbonyl (C=O) groups is 4. The number of hydrogen-bond donors (Lipinski definition) is 8. The van der Waals surface area contributed by atoms with Crippen molar-refractivity contribution in [3.63, 3.8) is 0 Å². The van der Waals surface area contributed by atoms with E-state index in [1.54, 1.807) is 20.0 Å². The number of carbonyl (C=O) groups excluding carboxylic acids is 3. The predicted molar refractivity (Wildman–Crippen MR) is 141 cm³/mol. The Kier molecular flexibility index (Phi) is 14.1. The third-order valence-corrected chi connectivity index (χ3v) is 6.03. The first-order chi connectivity index (χ1) is 17.5. The molecule has 0 aliphatic carbocycles. The summed E-state index contributed by atoms with van der Waals surface area (Å²) in [5, 5.41) is 17.3. The van der Waals surface area contributed by atoms with Crippen LogP contribution in [-0.2, 0) is 25.6 Å². The van der Waals surface area contributed by atoms with Crippen molar-refractivity contribution in [3.8, 4) is 0 Å². The third-order valence-electron chi connectivity index (χ3n) is 5.38. The number of aromatic nitrogens is 2. The van der Waals surface area contributed by atoms with Gasteiger partial charge in [0.2, 0.25) is 17.7 Å². The van der Waals surface area contributed by atoms with Crippen LogP contribution in [0.1, 0.15) is 38.8 Å². The monoisotopic (exact) mass is 541 g/mol. The maximum Gasteiger partial charge on any atom is 0.326 e. The van der Waals surface area contributed by atoms with Gasteiger partial charge < -0.3 is 43.2 Å². The van der Waals surface area contributed by atoms with Gasteiger partial charge in [-0.3, -0.25) is 19.4 Å². The molecule has 15 heteroatoms. The maximum absolute atomic E-state index is 13.1. The molecular formula is C22H39N9O5S. The summed E-state index contributed by atoms with van der Waals surface area (Å²) in [7, 11) is 0. The lowest BCUT2D eigenvalue weighted by Crippen LogP contribution is -2.58. The number of carboxylic acid groups (broad SMARTS) is 1. The van der Waals surface area contributed by atoms with Gasteiger partial charge in [-0.2, -0.15) is 11.8 Å². The van der Waals surface area contributed by atoms with Gasteiger partial charge in [0.25, 0.3) is 0 Å². The van der Waals surface area contributed by atoms with Crippen molar-refractivity contribution >= 4 is 41.4 Å². The second-order valence-electron chi connectivity index (χ2n) is 8.81. The number of hydrogen-bond acceptors (Lipinski definition) is 8. The molecule has 0 saturated heterocycles. The molecule has 1 heterocycles. The van der Waals surface area contributed by atoms with Crippen LogP contribution in [0.5, 0.6) is 0 Å². The number of thioether (sulfide) groups is 1. The molecule has 0 aromatic carbocycles. The van der Waals surface area contributed by atoms with Crippen molar-refractivity contribution in [2.24, 2.45) is 28.1 Å². The lowest BCUT2D eigenvalue weighted by molar-refractivity contribution is -0.142. The van der Waals surface area contributed by atoms with Crippen molar-refractivity contribution in [1.82, 2.24) is 25.9 Å². The van der Waals surface area contributed by atoms with Crippen LogP contribution in [0.25, 0.3) is 0 Å². The van der Waals surface area contributed by atoms with E-state index in [0.717, 1.165) is 0 Å². The third kappa shape index (κ3) is 12.0. The highest BCUT2D eigenvalue weighted by atomic mass is 32.2. The first-order valence-corrected chi connectivity index (χ1v) is 13.3. The number of nitrogens with one attached hydrogen (secondary N) is 4. The van der Waals surface area contributed by atoms with Gasteiger partial charge in [-0.1, -0.05) is 13.8 Å². The minimum atomic E-state index is -1.22. The van der Waals surface area contributed by atoms with E-state index in [-0.39, 0.29) is 31.3 Å². The number of carboxylic acids is 1. The largest absolute Gasteiger partial charge is 0.480 e. The quantitative estimate of drug-likeness (QED) is 0.0629. The molecule has 0 saturated carbocycles. The van der Waals surface area contributed by atoms with Crippen molar-refractivity contribution < 1.29 is 24.3 Å². The number of aliphatic imine (C=N–C) groups is 1. The molecule has 208 valence electrons. The Balaban J connectivity index is 2.85. The fraction of sp³-hybridized carbons (Fsp3) is 0.636. The Morgan fingerprint density at radius 1 is 1.08 bits per heavy atom. The van der Waals surface area contributed by atoms with Gasteiger partial charge in [-0.25, -0.2) is 9.78 Å². The SMILES string of the molecule is CSCCC(NC(=O)C(N)Cc1cnc[nH]1)C(=O)NC(C(=O)NC(CCCN=C(N)N)C(=O)O)C(C)C. The standard InChI is InChI=1S/C22H39N9O5S/c1-12(2)17(20(34)30-16(21(35)36)5-4-7-27-22(24)25)31-19(33)15(6-8-37-3)29-18(32)14(23)9-13-10-26-11-28-13/h10-12,14-17H,4-9,23H2,1-3H3,(H,26,28)(H,29,32)(H,30,34)(H,31,33)(H,35,36)(H4,24,25,27). The molecule has 1 aromatic rings. The number of aliphatic carboxylic acids is 1. The van der Waals surface area contributed by atoms with E-state index in [9.17, 15) is 24.3 Å². The molecule has 0 spiro atoms. The predicted octanol–water partition coefficient (Wildman–Crippen LogP) is -1.72. The molecule has 1 aromatic heterocycles. The van der Waals surface area contributed by atoms with Crippen LogP contribution in [0.3, 0.4) is 0 Å². The Bertz CT molecular complexity index is 906. The lowest BCUT2D eigenvalue weighted by Gasteiger charge is -2.27. The van der Waals surface area contributed by atoms with E-state index in [1.165, 1.54) is 18.1 Å². The summed E-state index contributed by atoms with van der Waals surface area (Å²) in [4.78, 5) is 60.9. The molecule has 11 N–H and O–H groups in total. The number of amides is 3. The van der Waals surface area contributed by atoms with Crippen LogP contribution in [0.2, 0.25) is 0 Å². The zero-order valence-electron chi connectivity index (χ0n) is 21.4. The second kappa shape index (κ2) is 16.4. The smallest absolute Gasteiger partial charge is 0.326 e. The fourth-order valence-electron chi connectivity index (χ4n) is 3.32. The van der Waals surface area contributed by atoms with Crippen LogP contribution < -0.4 is 33.2 Å². The topological polar surface area (TPSA) is 244 Å². The normalized spacial score (nSPS) is 14.2. The molecule has 0 bridgehead atoms. The molecule has 37 heavy (non-hydrogen) atoms. The molecule has 4 unspecified atom stereocenters. The zero-order valence-corrected chi connectivity index (χ0v) is 22.2. The van der Waals surface area contributed by atoms with Gasteiger partial charge in [0, 0.05) is 24.9 Å². The second-order valence-corrected chi connectivity index (χ2v) is 9.79. The molecule has 0 fully saturated rings. The van der Waals surface area contributed by atoms with Crippen LogP contribution in [0.15, 0.2) is 17.5 Å². The van der Waals surface area contributed by atoms with Crippen LogP contribution in [0.4, 0.5) is 0 Å². The van der Waals surface area contributed by atoms with E-state index >= 15 is 0 Å². The lowest BCUT2D eigenvalue weighted by atomic mass is 10.0. The Labute approximate surface area is 220 Å². The molecule has 4 atom stereocenters. The summed E-state index contributed by atoms with van der Waals surface area (Å²) >= 11 is 1.50. The number of aromatic amines is 1. The van der Waals surface area contributed by atoms with Gasteiger partial charge in [0.15, 0.2) is 5.96 Å². The molecule has 3 amide bonds. The zero-order chi connectivity index (χ0) is 28.0. The number of H-pyrrole nitrogens is 1. The summed E-state index contributed by atoms with van der Waals surface area (Å²) in [5.41, 5.74) is 17.2. The first-order valence-electron chi connectivity index (χ1n) is 11.9. The van der Waals surface area contributed by atoms with E-state index in [0.29, 0.717) is 24.3 Å². The van der Waals surface area contributed by atoms with Gasteiger partial charge in [0.1, 0.15) is 18.1 Å². The molecule has 14 nitrogen and oxygen atoms in total. The van der Waals surface area contributed by atoms with Crippen LogP contribution >= 0.6 is 11.8 Å². The van der Waals surface area contributed by atoms with Crippen molar-refractivity contribution in [1.29, 1.82) is 0 Å². The molecule has 0 aliphatic rings. The summed E-state index contributed by atoms with van der Waals surface area (Å²) < 4.78 is 0. The van der Waals surface area contributed by atoms with Crippen molar-refractivity contribution in [3.05, 3.63) is 18.2 Å². The van der Waals surface area contributed by atoms with E-state index in [2.05, 4.69) is 30.9 Å². The summed E-state index contributed by atoms with van der Waals surface area (Å²) in [6, 6.07) is -4.06. The van der Waals surface area contributed by atoms with E-state index in [1.807, 2.05) is 6.26 Å². The molecule has 1 rings (SSSR count). The summed E-state index contributed by atoms with van der Waals surface area (Å²) in [6.07, 6.45) is 5.84. The first kappa shape index (κ1) is 31.7. The summed E-state index contributed by atoms with van der Waals surface area (Å²) in [5.74, 6) is -2.85. The van der Waals surface area contributed by atoms with Crippen molar-refractivity contribution in [2.45, 2.75) is 63.7 Å². The van der Waals surface area contributed by atoms with Gasteiger partial charge in [-0.15, -0.1) is 0 Å². The van der Waals surface area contributed by atoms with Crippen LogP contribution in [0, 0.1) is 5.92 Å². The highest BCUT2D eigenvalue weighted by Gasteiger charge is 2.31. The Hall–Kier alpha value is -3.33. The van der Waals surface area contributed by atoms with Gasteiger partial charge in [-0.05, 0) is 37.2 Å². The minimum Gasteiger partial charge on any atom is -0.480 e. The average Bonchev–Trinajstić information content (AvgIpc) is 3.33. The van der Waals surface area contributed by atoms with Crippen LogP contribution in [-0.4, -0.2) is 87.4 Å². The average molecular weight is 542 g/mol. The van der Waals surface area contributed by atoms with Crippen molar-refractivity contribution in [2.75, 3.05) is 18.6 Å². The fourth-order valence-corrected chi connectivity index (χ4v) is 3.79. The number of nitrogens with zero attached hydrogens (tertiary/aromatic N) is 2. The number of imidazole rings is 1. The molecule has 0 radical (unpaired) electrons. The number of rotatable bonds is 17. The Morgan fingerprint density at radius 3 is 2.30 bits per heavy atom. The van der Waals surface area contributed by atoms with E-state index < -0.39 is 47.9 Å². The Morgan fingerprint density at radius 2 is 1.76 bits per heavy atom. The maximum atomic E-state index is 13.1. The highest BCUT2D eigenvalue weighted by molar-refractivity contribution is 7.98. The minimum absolute atomic E-state index is 0.0945. The summed E-state index contributed by atoms with van der Waals surface area (Å²) in [6.45, 7) is 3.65.